The number of nitrogens with zero attached hydrogens (tertiary/aromatic N) is 4. The van der Waals surface area contributed by atoms with E-state index in [9.17, 15) is 5.26 Å². The van der Waals surface area contributed by atoms with E-state index in [0.29, 0.717) is 23.7 Å². The summed E-state index contributed by atoms with van der Waals surface area (Å²) in [5.41, 5.74) is 33.0. The van der Waals surface area contributed by atoms with E-state index in [2.05, 4.69) is 153 Å². The molecule has 14 aliphatic carbocycles. The Morgan fingerprint density at radius 1 is 0.354 bits per heavy atom. The molecule has 27 rings (SSSR count). The minimum absolute atomic E-state index is 0.0943. The Bertz CT molecular complexity index is 4920. The van der Waals surface area contributed by atoms with Gasteiger partial charge >= 0.3 is 0 Å². The summed E-state index contributed by atoms with van der Waals surface area (Å²) in [6.07, 6.45) is 12.7. The largest absolute Gasteiger partial charge is 0.309 e. The van der Waals surface area contributed by atoms with Gasteiger partial charge in [0.1, 0.15) is 0 Å². The van der Waals surface area contributed by atoms with Crippen LogP contribution in [0.2, 0.25) is 0 Å². The van der Waals surface area contributed by atoms with Crippen molar-refractivity contribution in [3.8, 4) is 6.07 Å². The zero-order valence-corrected chi connectivity index (χ0v) is 45.5. The minimum atomic E-state index is 0.0943. The number of hydrogen-bond acceptors (Lipinski definition) is 1. The molecule has 4 heterocycles. The van der Waals surface area contributed by atoms with Crippen molar-refractivity contribution in [2.24, 2.45) is 23.7 Å². The Labute approximate surface area is 474 Å². The predicted octanol–water partition coefficient (Wildman–Crippen LogP) is 19.2. The third-order valence-electron chi connectivity index (χ3n) is 24.9. The number of rotatable bonds is 0. The monoisotopic (exact) mass is 1050 g/mol. The molecule has 4 unspecified atom stereocenters. The fourth-order valence-corrected chi connectivity index (χ4v) is 23.0. The Hall–Kier alpha value is -8.44. The van der Waals surface area contributed by atoms with Crippen LogP contribution in [0.4, 0.5) is 5.69 Å². The Morgan fingerprint density at radius 2 is 0.720 bits per heavy atom. The molecule has 0 aliphatic heterocycles. The molecule has 9 aromatic carbocycles. The van der Waals surface area contributed by atoms with Gasteiger partial charge in [0.05, 0.1) is 45.8 Å². The molecule has 0 amide bonds. The van der Waals surface area contributed by atoms with Crippen molar-refractivity contribution in [2.75, 3.05) is 0 Å². The topological polar surface area (TPSA) is 37.0 Å². The minimum Gasteiger partial charge on any atom is -0.309 e. The van der Waals surface area contributed by atoms with Crippen LogP contribution in [-0.4, -0.2) is 8.80 Å². The molecule has 4 saturated carbocycles. The van der Waals surface area contributed by atoms with Crippen LogP contribution >= 0.6 is 0 Å². The molecule has 0 saturated heterocycles. The third kappa shape index (κ3) is 4.56. The smallest absolute Gasteiger partial charge is 0.193 e. The van der Waals surface area contributed by atoms with Crippen molar-refractivity contribution in [2.45, 2.75) is 112 Å². The Morgan fingerprint density at radius 3 is 1.12 bits per heavy atom. The van der Waals surface area contributed by atoms with Crippen molar-refractivity contribution < 1.29 is 0 Å². The van der Waals surface area contributed by atoms with Crippen LogP contribution in [0.3, 0.4) is 0 Å². The molecule has 13 aromatic rings. The van der Waals surface area contributed by atoms with Crippen LogP contribution in [0.25, 0.3) is 81.0 Å². The lowest BCUT2D eigenvalue weighted by atomic mass is 9.60. The molecule has 4 heteroatoms. The van der Waals surface area contributed by atoms with Crippen LogP contribution in [0.1, 0.15) is 206 Å². The normalized spacial score (nSPS) is 28.5. The Balaban J connectivity index is 0.942. The van der Waals surface area contributed by atoms with E-state index in [4.69, 9.17) is 6.57 Å². The van der Waals surface area contributed by atoms with E-state index in [1.54, 1.807) is 5.56 Å². The van der Waals surface area contributed by atoms with Gasteiger partial charge in [-0.2, -0.15) is 5.26 Å². The summed E-state index contributed by atoms with van der Waals surface area (Å²) in [7, 11) is 0. The summed E-state index contributed by atoms with van der Waals surface area (Å²) < 4.78 is 5.43. The first-order valence-electron chi connectivity index (χ1n) is 31.3. The van der Waals surface area contributed by atoms with Gasteiger partial charge in [-0.1, -0.05) is 97.1 Å². The second-order valence-corrected chi connectivity index (χ2v) is 28.2. The van der Waals surface area contributed by atoms with Gasteiger partial charge in [-0.25, -0.2) is 4.85 Å². The second kappa shape index (κ2) is 13.9. The lowest BCUT2D eigenvalue weighted by molar-refractivity contribution is 0.166. The van der Waals surface area contributed by atoms with Gasteiger partial charge in [-0.3, -0.25) is 0 Å². The first-order valence-corrected chi connectivity index (χ1v) is 31.3. The first-order chi connectivity index (χ1) is 40.6. The van der Waals surface area contributed by atoms with E-state index < -0.39 is 0 Å². The van der Waals surface area contributed by atoms with Gasteiger partial charge in [0.15, 0.2) is 5.69 Å². The molecule has 4 aromatic heterocycles. The number of fused-ring (bicyclic) bond motifs is 12. The quantitative estimate of drug-likeness (QED) is 0.139. The molecule has 386 valence electrons. The second-order valence-electron chi connectivity index (χ2n) is 28.2. The van der Waals surface area contributed by atoms with E-state index in [-0.39, 0.29) is 23.7 Å². The molecule has 4 atom stereocenters. The summed E-state index contributed by atoms with van der Waals surface area (Å²) >= 11 is 0. The average Bonchev–Trinajstić information content (AvgIpc) is 1.81. The number of benzene rings is 9. The summed E-state index contributed by atoms with van der Waals surface area (Å²) in [6, 6.07) is 56.1. The fraction of sp³-hybridized carbons (Fsp3) is 0.282. The predicted molar refractivity (Wildman–Crippen MR) is 327 cm³/mol. The fourth-order valence-electron chi connectivity index (χ4n) is 23.0. The van der Waals surface area contributed by atoms with Crippen molar-refractivity contribution in [1.82, 2.24) is 8.80 Å². The summed E-state index contributed by atoms with van der Waals surface area (Å²) in [4.78, 5) is 4.59. The van der Waals surface area contributed by atoms with Gasteiger partial charge < -0.3 is 8.80 Å². The van der Waals surface area contributed by atoms with Crippen LogP contribution in [-0.2, 0) is 0 Å². The lowest BCUT2D eigenvalue weighted by Crippen LogP contribution is -2.27. The van der Waals surface area contributed by atoms with Crippen LogP contribution < -0.4 is 0 Å². The summed E-state index contributed by atoms with van der Waals surface area (Å²) in [5, 5.41) is 22.7. The molecule has 82 heavy (non-hydrogen) atoms. The molecular weight excluding hydrogens is 993 g/mol. The van der Waals surface area contributed by atoms with Crippen molar-refractivity contribution in [1.29, 1.82) is 5.26 Å². The third-order valence-corrected chi connectivity index (χ3v) is 24.9. The van der Waals surface area contributed by atoms with Crippen molar-refractivity contribution >= 4 is 81.9 Å². The zero-order chi connectivity index (χ0) is 52.6. The highest BCUT2D eigenvalue weighted by atomic mass is 14.9. The average molecular weight is 1050 g/mol. The number of aromatic nitrogens is 2. The number of nitriles is 1. The van der Waals surface area contributed by atoms with Crippen LogP contribution in [0.15, 0.2) is 133 Å². The van der Waals surface area contributed by atoms with Crippen LogP contribution in [0.5, 0.6) is 0 Å². The van der Waals surface area contributed by atoms with Gasteiger partial charge in [0, 0.05) is 72.3 Å². The van der Waals surface area contributed by atoms with Crippen molar-refractivity contribution in [3.05, 3.63) is 239 Å². The molecular formula is C78H54N4. The van der Waals surface area contributed by atoms with E-state index in [0.717, 1.165) is 34.9 Å². The molecule has 4 fully saturated rings. The highest BCUT2D eigenvalue weighted by Crippen LogP contribution is 2.67. The highest BCUT2D eigenvalue weighted by molar-refractivity contribution is 6.32. The molecule has 12 bridgehead atoms. The van der Waals surface area contributed by atoms with E-state index in [1.807, 2.05) is 0 Å². The molecule has 0 spiro atoms. The Kier molecular flexibility index (Phi) is 7.18. The first kappa shape index (κ1) is 42.4. The van der Waals surface area contributed by atoms with Gasteiger partial charge in [-0.05, 0) is 237 Å². The number of hydrogen-bond donors (Lipinski definition) is 0. The maximum absolute atomic E-state index is 11.5. The van der Waals surface area contributed by atoms with E-state index in [1.165, 1.54) is 224 Å². The van der Waals surface area contributed by atoms with Crippen LogP contribution in [0, 0.1) is 41.6 Å². The maximum Gasteiger partial charge on any atom is 0.193 e. The maximum atomic E-state index is 11.5. The molecule has 0 radical (unpaired) electrons. The summed E-state index contributed by atoms with van der Waals surface area (Å²) in [5.74, 6) is 5.33. The zero-order valence-electron chi connectivity index (χ0n) is 45.5. The van der Waals surface area contributed by atoms with E-state index >= 15 is 0 Å². The lowest BCUT2D eigenvalue weighted by Gasteiger charge is -2.42. The van der Waals surface area contributed by atoms with Gasteiger partial charge in [-0.15, -0.1) is 0 Å². The molecule has 0 N–H and O–H groups in total. The SMILES string of the molecule is [C-]#[N+]c1cc2c(c3c1C1CC4CC(C1)CC3C4)c1cc3c(c4c5cc6c(cc5n2c14)c1c2c(cc4c5c7c(c(C#N)cc5n6c41)C1CC4CC(C1)CC7C4)C1c4ccccc4C2c2ccccc21)C1c2ccccc2C3c2ccccc21. The molecule has 4 nitrogen and oxygen atoms in total. The van der Waals surface area contributed by atoms with Gasteiger partial charge in [0.2, 0.25) is 0 Å². The standard InChI is InChI=1S/C78H54N4/c1-80-58-33-62-72(66-42-26-37-19-38(27-42)23-40(22-37)64(58)66)57-30-55-68-46-12-4-8-16-50(46)70(51-17-9-5-13-47(51)68)74(55)76-53-31-59-52(32-60(53)82(62)78(57)76)75-73-54(67-44-10-2-6-14-48(44)69(73)49-15-7-3-11-45(49)67)29-56-71-61(81(59)77(56)75)28-43(34-79)63-39-20-35-18-36(21-39)25-41(24-35)65(63)71/h2-17,28-33,35-42,67-70H,18-27H2. The summed E-state index contributed by atoms with van der Waals surface area (Å²) in [6.45, 7) is 9.07. The molecule has 14 aliphatic rings. The van der Waals surface area contributed by atoms with Crippen molar-refractivity contribution in [3.63, 3.8) is 0 Å². The van der Waals surface area contributed by atoms with Gasteiger partial charge in [0.25, 0.3) is 0 Å². The highest BCUT2D eigenvalue weighted by Gasteiger charge is 2.50.